The SMILES string of the molecule is COc1cccc(OC)c1-c1cc(C(=O)NC2(C(=O)O)C3CC4CC(C3)CC2C4)nn1-c1ccc(C(=O)N(C)CCN(C)C)c2ccccc12. The van der Waals surface area contributed by atoms with Crippen molar-refractivity contribution in [3.05, 3.63) is 71.9 Å². The number of rotatable bonds is 11. The van der Waals surface area contributed by atoms with E-state index in [1.54, 1.807) is 43.0 Å². The zero-order valence-electron chi connectivity index (χ0n) is 29.3. The molecule has 3 aromatic carbocycles. The summed E-state index contributed by atoms with van der Waals surface area (Å²) in [6.07, 6.45) is 4.44. The van der Waals surface area contributed by atoms with Gasteiger partial charge in [-0.1, -0.05) is 30.3 Å². The van der Waals surface area contributed by atoms with Crippen molar-refractivity contribution in [3.8, 4) is 28.4 Å². The fourth-order valence-corrected chi connectivity index (χ4v) is 9.06. The highest BCUT2D eigenvalue weighted by Gasteiger charge is 2.62. The number of hydrogen-bond acceptors (Lipinski definition) is 7. The highest BCUT2D eigenvalue weighted by Crippen LogP contribution is 2.58. The molecule has 0 spiro atoms. The number of benzene rings is 3. The molecule has 0 saturated heterocycles. The van der Waals surface area contributed by atoms with Gasteiger partial charge in [0.15, 0.2) is 5.69 Å². The van der Waals surface area contributed by atoms with Gasteiger partial charge in [-0.2, -0.15) is 5.10 Å². The Balaban J connectivity index is 1.35. The molecule has 2 amide bonds. The summed E-state index contributed by atoms with van der Waals surface area (Å²) in [5.74, 6) is 0.264. The van der Waals surface area contributed by atoms with Crippen molar-refractivity contribution in [1.82, 2.24) is 24.9 Å². The molecule has 8 rings (SSSR count). The molecule has 0 atom stereocenters. The number of hydrogen-bond donors (Lipinski definition) is 2. The van der Waals surface area contributed by atoms with Crippen molar-refractivity contribution in [1.29, 1.82) is 0 Å². The van der Waals surface area contributed by atoms with Crippen molar-refractivity contribution in [2.75, 3.05) is 48.5 Å². The molecule has 4 fully saturated rings. The van der Waals surface area contributed by atoms with E-state index in [2.05, 4.69) is 5.32 Å². The normalized spacial score (nSPS) is 23.6. The second-order valence-corrected chi connectivity index (χ2v) is 14.5. The average Bonchev–Trinajstić information content (AvgIpc) is 3.55. The van der Waals surface area contributed by atoms with Crippen LogP contribution in [-0.2, 0) is 4.79 Å². The van der Waals surface area contributed by atoms with Crippen LogP contribution in [0, 0.1) is 23.7 Å². The zero-order chi connectivity index (χ0) is 35.3. The number of methoxy groups -OCH3 is 2. The minimum Gasteiger partial charge on any atom is -0.496 e. The van der Waals surface area contributed by atoms with Crippen molar-refractivity contribution >= 4 is 28.6 Å². The first kappa shape index (κ1) is 33.6. The minimum absolute atomic E-state index is 0.0787. The number of nitrogens with one attached hydrogen (secondary N) is 1. The van der Waals surface area contributed by atoms with Crippen LogP contribution in [0.1, 0.15) is 53.0 Å². The maximum atomic E-state index is 14.3. The number of likely N-dealkylation sites (N-methyl/N-ethyl adjacent to an activating group) is 2. The van der Waals surface area contributed by atoms with Crippen molar-refractivity contribution in [3.63, 3.8) is 0 Å². The van der Waals surface area contributed by atoms with Crippen LogP contribution in [-0.4, -0.2) is 96.5 Å². The second kappa shape index (κ2) is 13.1. The summed E-state index contributed by atoms with van der Waals surface area (Å²) in [7, 11) is 8.88. The Labute approximate surface area is 292 Å². The molecule has 11 nitrogen and oxygen atoms in total. The van der Waals surface area contributed by atoms with E-state index in [-0.39, 0.29) is 23.4 Å². The van der Waals surface area contributed by atoms with Gasteiger partial charge in [0, 0.05) is 31.1 Å². The minimum atomic E-state index is -1.33. The van der Waals surface area contributed by atoms with E-state index in [9.17, 15) is 19.5 Å². The molecule has 0 unspecified atom stereocenters. The molecule has 0 aliphatic heterocycles. The topological polar surface area (TPSA) is 126 Å². The van der Waals surface area contributed by atoms with Crippen molar-refractivity contribution in [2.24, 2.45) is 23.7 Å². The predicted molar refractivity (Wildman–Crippen MR) is 190 cm³/mol. The van der Waals surface area contributed by atoms with Gasteiger partial charge in [0.2, 0.25) is 0 Å². The fraction of sp³-hybridized carbons (Fsp3) is 0.436. The summed E-state index contributed by atoms with van der Waals surface area (Å²) >= 11 is 0. The van der Waals surface area contributed by atoms with Crippen LogP contribution in [0.15, 0.2) is 60.7 Å². The zero-order valence-corrected chi connectivity index (χ0v) is 29.3. The summed E-state index contributed by atoms with van der Waals surface area (Å²) in [6.45, 7) is 1.30. The number of amides is 2. The molecule has 1 aromatic heterocycles. The first-order valence-electron chi connectivity index (χ1n) is 17.3. The first-order valence-corrected chi connectivity index (χ1v) is 17.3. The van der Waals surface area contributed by atoms with Crippen LogP contribution < -0.4 is 14.8 Å². The molecule has 4 aliphatic carbocycles. The van der Waals surface area contributed by atoms with Crippen LogP contribution in [0.25, 0.3) is 27.7 Å². The van der Waals surface area contributed by atoms with Crippen LogP contribution in [0.5, 0.6) is 11.5 Å². The molecule has 2 N–H and O–H groups in total. The number of nitrogens with zero attached hydrogens (tertiary/aromatic N) is 4. The Morgan fingerprint density at radius 1 is 0.860 bits per heavy atom. The highest BCUT2D eigenvalue weighted by atomic mass is 16.5. The molecule has 4 aromatic rings. The Bertz CT molecular complexity index is 1920. The lowest BCUT2D eigenvalue weighted by Crippen LogP contribution is -2.70. The number of carboxylic acid groups (broad SMARTS) is 1. The monoisotopic (exact) mass is 679 g/mol. The van der Waals surface area contributed by atoms with E-state index in [4.69, 9.17) is 14.6 Å². The third kappa shape index (κ3) is 5.57. The lowest BCUT2D eigenvalue weighted by Gasteiger charge is -2.59. The van der Waals surface area contributed by atoms with E-state index >= 15 is 0 Å². The van der Waals surface area contributed by atoms with E-state index in [0.717, 1.165) is 49.4 Å². The number of carbonyl (C=O) groups excluding carboxylic acids is 2. The summed E-state index contributed by atoms with van der Waals surface area (Å²) < 4.78 is 13.2. The van der Waals surface area contributed by atoms with Gasteiger partial charge in [0.1, 0.15) is 17.0 Å². The molecular formula is C39H45N5O6. The molecule has 1 heterocycles. The van der Waals surface area contributed by atoms with Crippen molar-refractivity contribution < 1.29 is 29.0 Å². The number of carboxylic acids is 1. The van der Waals surface area contributed by atoms with Gasteiger partial charge in [0.05, 0.1) is 31.2 Å². The van der Waals surface area contributed by atoms with Gasteiger partial charge in [-0.3, -0.25) is 9.59 Å². The van der Waals surface area contributed by atoms with E-state index < -0.39 is 17.4 Å². The third-order valence-electron chi connectivity index (χ3n) is 11.3. The number of fused-ring (bicyclic) bond motifs is 1. The van der Waals surface area contributed by atoms with E-state index in [1.807, 2.05) is 67.5 Å². The maximum Gasteiger partial charge on any atom is 0.330 e. The first-order chi connectivity index (χ1) is 24.0. The molecule has 4 saturated carbocycles. The number of aliphatic carboxylic acids is 1. The lowest BCUT2D eigenvalue weighted by molar-refractivity contribution is -0.163. The van der Waals surface area contributed by atoms with E-state index in [0.29, 0.717) is 52.4 Å². The molecule has 11 heteroatoms. The summed E-state index contributed by atoms with van der Waals surface area (Å²) in [4.78, 5) is 44.9. The molecular weight excluding hydrogens is 634 g/mol. The van der Waals surface area contributed by atoms with Gasteiger partial charge >= 0.3 is 5.97 Å². The van der Waals surface area contributed by atoms with Crippen LogP contribution in [0.3, 0.4) is 0 Å². The standard InChI is InChI=1S/C39H45N5O6/c1-42(2)15-16-43(3)37(46)29-13-14-31(28-10-7-6-9-27(28)29)44-32(35-33(49-4)11-8-12-34(35)50-5)22-30(41-44)36(45)40-39(38(47)48)25-18-23-17-24(20-25)21-26(39)19-23/h6-14,22-26H,15-21H2,1-5H3,(H,40,45)(H,47,48). The molecule has 4 bridgehead atoms. The molecule has 0 radical (unpaired) electrons. The number of carbonyl (C=O) groups is 3. The second-order valence-electron chi connectivity index (χ2n) is 14.5. The Morgan fingerprint density at radius 2 is 1.48 bits per heavy atom. The Hall–Kier alpha value is -4.90. The van der Waals surface area contributed by atoms with Crippen LogP contribution >= 0.6 is 0 Å². The number of aromatic nitrogens is 2. The lowest BCUT2D eigenvalue weighted by atomic mass is 9.48. The summed E-state index contributed by atoms with van der Waals surface area (Å²) in [6, 6.07) is 18.4. The van der Waals surface area contributed by atoms with E-state index in [1.165, 1.54) is 0 Å². The molecule has 4 aliphatic rings. The fourth-order valence-electron chi connectivity index (χ4n) is 9.06. The third-order valence-corrected chi connectivity index (χ3v) is 11.3. The van der Waals surface area contributed by atoms with Gasteiger partial charge in [-0.25, -0.2) is 9.48 Å². The van der Waals surface area contributed by atoms with Crippen molar-refractivity contribution in [2.45, 2.75) is 37.6 Å². The van der Waals surface area contributed by atoms with Gasteiger partial charge < -0.3 is 29.7 Å². The quantitative estimate of drug-likeness (QED) is 0.217. The summed E-state index contributed by atoms with van der Waals surface area (Å²) in [5.41, 5.74) is 1.04. The Morgan fingerprint density at radius 3 is 2.06 bits per heavy atom. The number of ether oxygens (including phenoxy) is 2. The smallest absolute Gasteiger partial charge is 0.330 e. The maximum absolute atomic E-state index is 14.3. The van der Waals surface area contributed by atoms with Crippen LogP contribution in [0.4, 0.5) is 0 Å². The molecule has 50 heavy (non-hydrogen) atoms. The van der Waals surface area contributed by atoms with Gasteiger partial charge in [-0.05, 0) is 106 Å². The predicted octanol–water partition coefficient (Wildman–Crippen LogP) is 5.35. The van der Waals surface area contributed by atoms with Gasteiger partial charge in [-0.15, -0.1) is 0 Å². The molecule has 262 valence electrons. The highest BCUT2D eigenvalue weighted by molar-refractivity contribution is 6.09. The van der Waals surface area contributed by atoms with Crippen LogP contribution in [0.2, 0.25) is 0 Å². The largest absolute Gasteiger partial charge is 0.496 e. The Kier molecular flexibility index (Phi) is 8.80. The van der Waals surface area contributed by atoms with Gasteiger partial charge in [0.25, 0.3) is 11.8 Å². The summed E-state index contributed by atoms with van der Waals surface area (Å²) in [5, 5.41) is 20.2. The average molecular weight is 680 g/mol.